The number of nitrogens with one attached hydrogen (secondary N) is 2. The van der Waals surface area contributed by atoms with Gasteiger partial charge in [-0.1, -0.05) is 12.1 Å². The van der Waals surface area contributed by atoms with E-state index in [4.69, 9.17) is 5.73 Å². The molecule has 4 aromatic rings. The highest BCUT2D eigenvalue weighted by Crippen LogP contribution is 2.21. The van der Waals surface area contributed by atoms with Crippen LogP contribution in [-0.2, 0) is 17.8 Å². The van der Waals surface area contributed by atoms with Gasteiger partial charge in [-0.2, -0.15) is 10.4 Å². The molecule has 0 aliphatic carbocycles. The molecule has 0 saturated carbocycles. The molecule has 0 spiro atoms. The summed E-state index contributed by atoms with van der Waals surface area (Å²) in [7, 11) is 0. The predicted octanol–water partition coefficient (Wildman–Crippen LogP) is 1.61. The molecule has 35 heavy (non-hydrogen) atoms. The average Bonchev–Trinajstić information content (AvgIpc) is 3.17. The number of hydrogen-bond donors (Lipinski definition) is 3. The lowest BCUT2D eigenvalue weighted by molar-refractivity contribution is -0.121. The number of nitrogen functional groups attached to an aromatic ring is 1. The molecule has 4 N–H and O–H groups in total. The molecule has 11 heteroatoms. The molecular formula is C24H22FN7O3. The summed E-state index contributed by atoms with van der Waals surface area (Å²) in [5.74, 6) is -0.490. The van der Waals surface area contributed by atoms with E-state index in [1.54, 1.807) is 24.3 Å². The number of fused-ring (bicyclic) bond motifs is 1. The summed E-state index contributed by atoms with van der Waals surface area (Å²) in [4.78, 5) is 38.7. The maximum atomic E-state index is 13.2. The van der Waals surface area contributed by atoms with E-state index in [9.17, 15) is 24.0 Å². The van der Waals surface area contributed by atoms with Crippen LogP contribution < -0.4 is 22.3 Å². The summed E-state index contributed by atoms with van der Waals surface area (Å²) >= 11 is 0. The van der Waals surface area contributed by atoms with E-state index in [0.29, 0.717) is 41.7 Å². The van der Waals surface area contributed by atoms with Crippen LogP contribution in [0.2, 0.25) is 0 Å². The number of H-pyrrole nitrogens is 1. The van der Waals surface area contributed by atoms with Crippen molar-refractivity contribution < 1.29 is 9.18 Å². The molecule has 4 rings (SSSR count). The zero-order chi connectivity index (χ0) is 24.9. The van der Waals surface area contributed by atoms with Crippen LogP contribution in [0.4, 0.5) is 10.2 Å². The van der Waals surface area contributed by atoms with E-state index in [0.717, 1.165) is 0 Å². The Balaban J connectivity index is 1.34. The number of nitrogens with zero attached hydrogens (tertiary/aromatic N) is 4. The maximum absolute atomic E-state index is 13.2. The first-order chi connectivity index (χ1) is 16.9. The second kappa shape index (κ2) is 10.0. The number of amides is 1. The third kappa shape index (κ3) is 4.96. The fraction of sp³-hybridized carbons (Fsp3) is 0.208. The lowest BCUT2D eigenvalue weighted by Gasteiger charge is -2.09. The Hall–Kier alpha value is -4.72. The van der Waals surface area contributed by atoms with E-state index >= 15 is 0 Å². The highest BCUT2D eigenvalue weighted by molar-refractivity contribution is 5.78. The van der Waals surface area contributed by atoms with E-state index in [2.05, 4.69) is 21.5 Å². The summed E-state index contributed by atoms with van der Waals surface area (Å²) < 4.78 is 16.0. The van der Waals surface area contributed by atoms with Gasteiger partial charge in [-0.15, -0.1) is 0 Å². The Morgan fingerprint density at radius 3 is 2.66 bits per heavy atom. The van der Waals surface area contributed by atoms with Crippen LogP contribution >= 0.6 is 0 Å². The molecule has 10 nitrogen and oxygen atoms in total. The summed E-state index contributed by atoms with van der Waals surface area (Å²) in [5, 5.41) is 17.0. The zero-order valence-corrected chi connectivity index (χ0v) is 18.6. The van der Waals surface area contributed by atoms with Crippen molar-refractivity contribution in [3.63, 3.8) is 0 Å². The number of nitrogens with two attached hydrogens (primary N) is 1. The summed E-state index contributed by atoms with van der Waals surface area (Å²) in [6.07, 6.45) is 0.943. The van der Waals surface area contributed by atoms with Crippen molar-refractivity contribution in [3.05, 3.63) is 86.4 Å². The lowest BCUT2D eigenvalue weighted by atomic mass is 10.1. The van der Waals surface area contributed by atoms with Crippen LogP contribution in [0.25, 0.3) is 16.6 Å². The number of aryl methyl sites for hydroxylation is 2. The summed E-state index contributed by atoms with van der Waals surface area (Å²) in [6, 6.07) is 14.3. The van der Waals surface area contributed by atoms with Crippen LogP contribution in [0.15, 0.2) is 58.1 Å². The van der Waals surface area contributed by atoms with Crippen LogP contribution in [0.3, 0.4) is 0 Å². The zero-order valence-electron chi connectivity index (χ0n) is 18.6. The topological polar surface area (TPSA) is 152 Å². The Morgan fingerprint density at radius 2 is 1.91 bits per heavy atom. The van der Waals surface area contributed by atoms with E-state index < -0.39 is 17.1 Å². The number of aromatic nitrogens is 4. The van der Waals surface area contributed by atoms with Gasteiger partial charge < -0.3 is 11.1 Å². The second-order valence-electron chi connectivity index (χ2n) is 7.84. The molecule has 2 aromatic carbocycles. The second-order valence-corrected chi connectivity index (χ2v) is 7.84. The first kappa shape index (κ1) is 23.4. The van der Waals surface area contributed by atoms with Gasteiger partial charge >= 0.3 is 5.69 Å². The SMILES string of the molecule is N#Cc1c(CCCNC(=O)CCn2c(=O)[nH]c(=O)c3ccccc32)nn(-c2ccc(F)cc2)c1N. The number of carbonyl (C=O) groups excluding carboxylic acids is 1. The van der Waals surface area contributed by atoms with Crippen molar-refractivity contribution in [1.29, 1.82) is 5.26 Å². The smallest absolute Gasteiger partial charge is 0.328 e. The monoisotopic (exact) mass is 475 g/mol. The van der Waals surface area contributed by atoms with Crippen molar-refractivity contribution in [2.75, 3.05) is 12.3 Å². The number of nitriles is 1. The minimum absolute atomic E-state index is 0.0472. The Kier molecular flexibility index (Phi) is 6.73. The number of rotatable bonds is 8. The Bertz CT molecular complexity index is 1540. The third-order valence-corrected chi connectivity index (χ3v) is 5.56. The lowest BCUT2D eigenvalue weighted by Crippen LogP contribution is -2.32. The number of para-hydroxylation sites is 1. The van der Waals surface area contributed by atoms with Gasteiger partial charge in [0.15, 0.2) is 0 Å². The molecule has 0 aliphatic heterocycles. The van der Waals surface area contributed by atoms with Crippen LogP contribution in [0, 0.1) is 17.1 Å². The van der Waals surface area contributed by atoms with E-state index in [1.165, 1.54) is 33.5 Å². The summed E-state index contributed by atoms with van der Waals surface area (Å²) in [5.41, 5.74) is 6.74. The largest absolute Gasteiger partial charge is 0.382 e. The number of halogens is 1. The van der Waals surface area contributed by atoms with Crippen molar-refractivity contribution in [1.82, 2.24) is 24.6 Å². The van der Waals surface area contributed by atoms with Crippen LogP contribution in [0.1, 0.15) is 24.1 Å². The molecule has 0 aliphatic rings. The first-order valence-corrected chi connectivity index (χ1v) is 10.9. The van der Waals surface area contributed by atoms with Gasteiger partial charge in [-0.25, -0.2) is 13.9 Å². The van der Waals surface area contributed by atoms with E-state index in [1.807, 2.05) is 0 Å². The minimum Gasteiger partial charge on any atom is -0.382 e. The third-order valence-electron chi connectivity index (χ3n) is 5.56. The molecule has 178 valence electrons. The van der Waals surface area contributed by atoms with Crippen molar-refractivity contribution in [2.24, 2.45) is 0 Å². The number of hydrogen-bond acceptors (Lipinski definition) is 6. The molecule has 1 amide bonds. The number of benzene rings is 2. The Labute approximate surface area is 198 Å². The molecular weight excluding hydrogens is 453 g/mol. The van der Waals surface area contributed by atoms with Gasteiger partial charge in [-0.05, 0) is 49.2 Å². The normalized spacial score (nSPS) is 10.9. The van der Waals surface area contributed by atoms with Gasteiger partial charge in [0.05, 0.1) is 22.3 Å². The Morgan fingerprint density at radius 1 is 1.17 bits per heavy atom. The highest BCUT2D eigenvalue weighted by Gasteiger charge is 2.16. The van der Waals surface area contributed by atoms with Crippen LogP contribution in [0.5, 0.6) is 0 Å². The minimum atomic E-state index is -0.570. The number of carbonyl (C=O) groups is 1. The molecule has 0 saturated heterocycles. The van der Waals surface area contributed by atoms with Crippen molar-refractivity contribution in [2.45, 2.75) is 25.8 Å². The molecule has 0 fully saturated rings. The molecule has 0 unspecified atom stereocenters. The average molecular weight is 475 g/mol. The summed E-state index contributed by atoms with van der Waals surface area (Å²) in [6.45, 7) is 0.438. The van der Waals surface area contributed by atoms with Gasteiger partial charge in [0.2, 0.25) is 5.91 Å². The molecule has 0 radical (unpaired) electrons. The fourth-order valence-electron chi connectivity index (χ4n) is 3.80. The molecule has 0 bridgehead atoms. The molecule has 2 heterocycles. The molecule has 0 atom stereocenters. The van der Waals surface area contributed by atoms with Crippen molar-refractivity contribution in [3.8, 4) is 11.8 Å². The predicted molar refractivity (Wildman–Crippen MR) is 127 cm³/mol. The highest BCUT2D eigenvalue weighted by atomic mass is 19.1. The molecule has 2 aromatic heterocycles. The maximum Gasteiger partial charge on any atom is 0.328 e. The van der Waals surface area contributed by atoms with Crippen LogP contribution in [-0.4, -0.2) is 31.8 Å². The van der Waals surface area contributed by atoms with Crippen molar-refractivity contribution >= 4 is 22.6 Å². The van der Waals surface area contributed by atoms with Gasteiger partial charge in [0.1, 0.15) is 23.3 Å². The standard InChI is InChI=1S/C24H22FN7O3/c25-15-7-9-16(10-8-15)32-22(27)18(14-26)19(30-32)5-3-12-28-21(33)11-13-31-20-6-2-1-4-17(20)23(34)29-24(31)35/h1-2,4,6-10H,3,5,11-13,27H2,(H,28,33)(H,29,34,35). The number of aromatic amines is 1. The number of anilines is 1. The van der Waals surface area contributed by atoms with Gasteiger partial charge in [0, 0.05) is 19.5 Å². The first-order valence-electron chi connectivity index (χ1n) is 10.9. The van der Waals surface area contributed by atoms with Gasteiger partial charge in [-0.3, -0.25) is 19.1 Å². The quantitative estimate of drug-likeness (QED) is 0.329. The van der Waals surface area contributed by atoms with Gasteiger partial charge in [0.25, 0.3) is 5.56 Å². The fourth-order valence-corrected chi connectivity index (χ4v) is 3.80. The van der Waals surface area contributed by atoms with E-state index in [-0.39, 0.29) is 30.3 Å².